The number of likely N-dealkylation sites (tertiary alicyclic amines) is 1. The highest BCUT2D eigenvalue weighted by Gasteiger charge is 2.36. The van der Waals surface area contributed by atoms with Gasteiger partial charge < -0.3 is 4.90 Å². The molecule has 108 valence electrons. The second kappa shape index (κ2) is 6.25. The van der Waals surface area contributed by atoms with Crippen molar-refractivity contribution in [2.75, 3.05) is 6.54 Å². The number of carbonyl (C=O) groups is 1. The van der Waals surface area contributed by atoms with Crippen LogP contribution in [0.15, 0.2) is 22.8 Å². The van der Waals surface area contributed by atoms with Gasteiger partial charge >= 0.3 is 0 Å². The van der Waals surface area contributed by atoms with E-state index in [-0.39, 0.29) is 5.91 Å². The first kappa shape index (κ1) is 14.1. The molecular formula is C16H21BrN2O. The molecule has 1 aromatic heterocycles. The highest BCUT2D eigenvalue weighted by Crippen LogP contribution is 2.35. The summed E-state index contributed by atoms with van der Waals surface area (Å²) in [6.07, 6.45) is 10.6. The van der Waals surface area contributed by atoms with Crippen molar-refractivity contribution >= 4 is 21.8 Å². The van der Waals surface area contributed by atoms with Gasteiger partial charge in [0, 0.05) is 23.3 Å². The fraction of sp³-hybridized carbons (Fsp3) is 0.625. The maximum absolute atomic E-state index is 12.8. The zero-order chi connectivity index (χ0) is 13.9. The third-order valence-electron chi connectivity index (χ3n) is 4.72. The number of pyridine rings is 1. The number of carbonyl (C=O) groups excluding carboxylic acids is 1. The molecule has 0 bridgehead atoms. The summed E-state index contributed by atoms with van der Waals surface area (Å²) in [5, 5.41) is 0. The minimum absolute atomic E-state index is 0.102. The second-order valence-corrected chi connectivity index (χ2v) is 6.79. The van der Waals surface area contributed by atoms with Crippen LogP contribution < -0.4 is 0 Å². The fourth-order valence-electron chi connectivity index (χ4n) is 3.73. The van der Waals surface area contributed by atoms with E-state index in [2.05, 4.69) is 25.8 Å². The average molecular weight is 337 g/mol. The highest BCUT2D eigenvalue weighted by molar-refractivity contribution is 9.10. The molecule has 20 heavy (non-hydrogen) atoms. The van der Waals surface area contributed by atoms with Gasteiger partial charge in [0.2, 0.25) is 0 Å². The molecule has 0 spiro atoms. The number of amides is 1. The van der Waals surface area contributed by atoms with Crippen molar-refractivity contribution in [1.29, 1.82) is 0 Å². The van der Waals surface area contributed by atoms with Crippen molar-refractivity contribution in [3.8, 4) is 0 Å². The average Bonchev–Trinajstić information content (AvgIpc) is 2.97. The summed E-state index contributed by atoms with van der Waals surface area (Å²) in [6, 6.07) is 4.19. The topological polar surface area (TPSA) is 33.2 Å². The van der Waals surface area contributed by atoms with Crippen molar-refractivity contribution in [2.24, 2.45) is 5.92 Å². The summed E-state index contributed by atoms with van der Waals surface area (Å²) in [7, 11) is 0. The Morgan fingerprint density at radius 2 is 2.00 bits per heavy atom. The smallest absolute Gasteiger partial charge is 0.273 e. The molecule has 1 atom stereocenters. The molecule has 1 aliphatic heterocycles. The molecule has 0 N–H and O–H groups in total. The second-order valence-electron chi connectivity index (χ2n) is 5.94. The van der Waals surface area contributed by atoms with E-state index in [0.717, 1.165) is 17.4 Å². The third kappa shape index (κ3) is 2.76. The molecule has 2 fully saturated rings. The van der Waals surface area contributed by atoms with Crippen molar-refractivity contribution in [1.82, 2.24) is 9.88 Å². The van der Waals surface area contributed by atoms with Crippen molar-refractivity contribution in [2.45, 2.75) is 51.0 Å². The summed E-state index contributed by atoms with van der Waals surface area (Å²) in [5.41, 5.74) is 0.565. The molecule has 1 amide bonds. The van der Waals surface area contributed by atoms with E-state index in [0.29, 0.717) is 17.7 Å². The van der Waals surface area contributed by atoms with Crippen molar-refractivity contribution in [3.05, 3.63) is 28.5 Å². The van der Waals surface area contributed by atoms with Gasteiger partial charge in [-0.2, -0.15) is 0 Å². The van der Waals surface area contributed by atoms with Gasteiger partial charge in [-0.3, -0.25) is 4.79 Å². The van der Waals surface area contributed by atoms with Crippen LogP contribution in [0.25, 0.3) is 0 Å². The van der Waals surface area contributed by atoms with Gasteiger partial charge in [0.15, 0.2) is 0 Å². The first-order valence-corrected chi connectivity index (χ1v) is 8.48. The van der Waals surface area contributed by atoms with Gasteiger partial charge in [-0.1, -0.05) is 19.3 Å². The van der Waals surface area contributed by atoms with Crippen LogP contribution in [0.3, 0.4) is 0 Å². The number of aromatic nitrogens is 1. The number of hydrogen-bond acceptors (Lipinski definition) is 2. The van der Waals surface area contributed by atoms with E-state index in [1.165, 1.54) is 38.5 Å². The van der Waals surface area contributed by atoms with Crippen molar-refractivity contribution in [3.63, 3.8) is 0 Å². The van der Waals surface area contributed by atoms with Crippen LogP contribution in [0.1, 0.15) is 55.4 Å². The van der Waals surface area contributed by atoms with Gasteiger partial charge in [0.1, 0.15) is 5.69 Å². The molecule has 4 heteroatoms. The van der Waals surface area contributed by atoms with E-state index < -0.39 is 0 Å². The first-order valence-electron chi connectivity index (χ1n) is 7.69. The monoisotopic (exact) mass is 336 g/mol. The Kier molecular flexibility index (Phi) is 4.39. The molecule has 2 aliphatic rings. The molecule has 1 aromatic rings. The van der Waals surface area contributed by atoms with E-state index >= 15 is 0 Å². The van der Waals surface area contributed by atoms with Crippen LogP contribution >= 0.6 is 15.9 Å². The van der Waals surface area contributed by atoms with Crippen LogP contribution in [0.4, 0.5) is 0 Å². The quantitative estimate of drug-likeness (QED) is 0.816. The standard InChI is InChI=1S/C16H21BrN2O/c17-13-8-4-10-18-15(13)16(20)19-11-5-9-14(19)12-6-2-1-3-7-12/h4,8,10,12,14H,1-3,5-7,9,11H2. The van der Waals surface area contributed by atoms with Crippen LogP contribution in [0.5, 0.6) is 0 Å². The third-order valence-corrected chi connectivity index (χ3v) is 5.36. The number of rotatable bonds is 2. The molecule has 1 saturated carbocycles. The summed E-state index contributed by atoms with van der Waals surface area (Å²) in [4.78, 5) is 19.1. The van der Waals surface area contributed by atoms with E-state index in [9.17, 15) is 4.79 Å². The lowest BCUT2D eigenvalue weighted by Crippen LogP contribution is -2.41. The summed E-state index contributed by atoms with van der Waals surface area (Å²) in [5.74, 6) is 0.809. The Labute approximate surface area is 128 Å². The van der Waals surface area contributed by atoms with E-state index in [1.807, 2.05) is 12.1 Å². The number of halogens is 1. The Morgan fingerprint density at radius 3 is 2.75 bits per heavy atom. The molecule has 0 radical (unpaired) electrons. The minimum atomic E-state index is 0.102. The van der Waals surface area contributed by atoms with Gasteiger partial charge in [-0.25, -0.2) is 4.98 Å². The molecule has 1 aliphatic carbocycles. The highest BCUT2D eigenvalue weighted by atomic mass is 79.9. The fourth-order valence-corrected chi connectivity index (χ4v) is 4.16. The zero-order valence-corrected chi connectivity index (χ0v) is 13.3. The van der Waals surface area contributed by atoms with Crippen LogP contribution in [-0.4, -0.2) is 28.4 Å². The first-order chi connectivity index (χ1) is 9.77. The molecule has 3 rings (SSSR count). The Morgan fingerprint density at radius 1 is 1.20 bits per heavy atom. The molecule has 1 saturated heterocycles. The van der Waals surface area contributed by atoms with Gasteiger partial charge in [0.25, 0.3) is 5.91 Å². The molecule has 0 aromatic carbocycles. The predicted molar refractivity (Wildman–Crippen MR) is 82.6 cm³/mol. The van der Waals surface area contributed by atoms with E-state index in [1.54, 1.807) is 6.20 Å². The van der Waals surface area contributed by atoms with Gasteiger partial charge in [0.05, 0.1) is 0 Å². The van der Waals surface area contributed by atoms with Crippen LogP contribution in [0, 0.1) is 5.92 Å². The number of nitrogens with zero attached hydrogens (tertiary/aromatic N) is 2. The summed E-state index contributed by atoms with van der Waals surface area (Å²) >= 11 is 3.45. The lowest BCUT2D eigenvalue weighted by atomic mass is 9.83. The van der Waals surface area contributed by atoms with E-state index in [4.69, 9.17) is 0 Å². The van der Waals surface area contributed by atoms with Gasteiger partial charge in [-0.15, -0.1) is 0 Å². The largest absolute Gasteiger partial charge is 0.334 e. The normalized spacial score (nSPS) is 24.1. The lowest BCUT2D eigenvalue weighted by Gasteiger charge is -2.34. The maximum Gasteiger partial charge on any atom is 0.273 e. The lowest BCUT2D eigenvalue weighted by molar-refractivity contribution is 0.0654. The molecule has 2 heterocycles. The SMILES string of the molecule is O=C(c1ncccc1Br)N1CCCC1C1CCCCC1. The predicted octanol–water partition coefficient (Wildman–Crippen LogP) is 4.03. The Hall–Kier alpha value is -0.900. The Bertz CT molecular complexity index is 485. The maximum atomic E-state index is 12.8. The zero-order valence-electron chi connectivity index (χ0n) is 11.7. The molecule has 1 unspecified atom stereocenters. The van der Waals surface area contributed by atoms with Gasteiger partial charge in [-0.05, 0) is 59.7 Å². The summed E-state index contributed by atoms with van der Waals surface area (Å²) < 4.78 is 0.805. The minimum Gasteiger partial charge on any atom is -0.334 e. The van der Waals surface area contributed by atoms with Crippen LogP contribution in [0.2, 0.25) is 0 Å². The molecular weight excluding hydrogens is 316 g/mol. The number of hydrogen-bond donors (Lipinski definition) is 0. The Balaban J connectivity index is 1.78. The van der Waals surface area contributed by atoms with Crippen LogP contribution in [-0.2, 0) is 0 Å². The van der Waals surface area contributed by atoms with Crippen molar-refractivity contribution < 1.29 is 4.79 Å². The molecule has 3 nitrogen and oxygen atoms in total. The summed E-state index contributed by atoms with van der Waals surface area (Å²) in [6.45, 7) is 0.892.